The van der Waals surface area contributed by atoms with Gasteiger partial charge in [0.15, 0.2) is 6.61 Å². The maximum absolute atomic E-state index is 11.2. The highest BCUT2D eigenvalue weighted by Gasteiger charge is 2.10. The van der Waals surface area contributed by atoms with E-state index in [4.69, 9.17) is 13.7 Å². The lowest BCUT2D eigenvalue weighted by atomic mass is 10.1. The van der Waals surface area contributed by atoms with Crippen molar-refractivity contribution in [3.8, 4) is 17.1 Å². The molecule has 0 fully saturated rings. The molecule has 0 radical (unpaired) electrons. The Kier molecular flexibility index (Phi) is 4.37. The molecule has 0 aliphatic carbocycles. The van der Waals surface area contributed by atoms with Crippen LogP contribution in [0.4, 0.5) is 0 Å². The number of hydrogen-bond acceptors (Lipinski definition) is 7. The zero-order chi connectivity index (χ0) is 16.1. The summed E-state index contributed by atoms with van der Waals surface area (Å²) in [5.74, 6) is 1.17. The van der Waals surface area contributed by atoms with Crippen LogP contribution in [0.3, 0.4) is 0 Å². The lowest BCUT2D eigenvalue weighted by Crippen LogP contribution is -2.04. The van der Waals surface area contributed by atoms with E-state index in [0.29, 0.717) is 17.5 Å². The summed E-state index contributed by atoms with van der Waals surface area (Å²) in [4.78, 5) is 15.4. The van der Waals surface area contributed by atoms with Gasteiger partial charge in [-0.05, 0) is 23.8 Å². The summed E-state index contributed by atoms with van der Waals surface area (Å²) in [6, 6.07) is 8.89. The highest BCUT2D eigenvalue weighted by Crippen LogP contribution is 2.18. The third-order valence-electron chi connectivity index (χ3n) is 3.11. The third-order valence-corrected chi connectivity index (χ3v) is 3.11. The Morgan fingerprint density at radius 2 is 2.04 bits per heavy atom. The van der Waals surface area contributed by atoms with E-state index in [2.05, 4.69) is 14.9 Å². The van der Waals surface area contributed by atoms with E-state index in [1.54, 1.807) is 30.3 Å². The summed E-state index contributed by atoms with van der Waals surface area (Å²) in [5, 5.41) is 3.85. The van der Waals surface area contributed by atoms with Crippen molar-refractivity contribution in [2.75, 3.05) is 7.11 Å². The fourth-order valence-corrected chi connectivity index (χ4v) is 1.91. The Hall–Kier alpha value is -3.09. The average Bonchev–Trinajstić information content (AvgIpc) is 3.25. The lowest BCUT2D eigenvalue weighted by molar-refractivity contribution is -0.139. The first-order valence-electron chi connectivity index (χ1n) is 6.88. The first-order valence-corrected chi connectivity index (χ1v) is 6.88. The van der Waals surface area contributed by atoms with Crippen molar-refractivity contribution in [3.63, 3.8) is 0 Å². The summed E-state index contributed by atoms with van der Waals surface area (Å²) in [6.07, 6.45) is 3.31. The number of methoxy groups -OCH3 is 1. The molecule has 0 saturated heterocycles. The van der Waals surface area contributed by atoms with E-state index in [1.807, 2.05) is 0 Å². The first kappa shape index (κ1) is 14.8. The quantitative estimate of drug-likeness (QED) is 0.646. The van der Waals surface area contributed by atoms with Gasteiger partial charge in [0.1, 0.15) is 12.0 Å². The molecule has 0 aliphatic heterocycles. The molecule has 0 atom stereocenters. The van der Waals surface area contributed by atoms with Crippen molar-refractivity contribution in [2.45, 2.75) is 13.0 Å². The van der Waals surface area contributed by atoms with Gasteiger partial charge in [-0.15, -0.1) is 0 Å². The topological polar surface area (TPSA) is 87.6 Å². The minimum Gasteiger partial charge on any atom is -0.484 e. The molecule has 2 heterocycles. The van der Waals surface area contributed by atoms with Gasteiger partial charge < -0.3 is 18.4 Å². The van der Waals surface area contributed by atoms with Gasteiger partial charge in [0.2, 0.25) is 5.82 Å². The number of carbonyl (C=O) groups excluding carboxylic acids is 1. The van der Waals surface area contributed by atoms with Crippen molar-refractivity contribution in [2.24, 2.45) is 0 Å². The summed E-state index contributed by atoms with van der Waals surface area (Å²) in [6.45, 7) is 0.154. The highest BCUT2D eigenvalue weighted by atomic mass is 16.5. The predicted molar refractivity (Wildman–Crippen MR) is 78.5 cm³/mol. The average molecular weight is 314 g/mol. The molecule has 3 aromatic rings. The molecule has 7 heteroatoms. The zero-order valence-corrected chi connectivity index (χ0v) is 12.4. The van der Waals surface area contributed by atoms with E-state index >= 15 is 0 Å². The van der Waals surface area contributed by atoms with Crippen LogP contribution >= 0.6 is 0 Å². The van der Waals surface area contributed by atoms with Crippen LogP contribution in [0.15, 0.2) is 51.8 Å². The van der Waals surface area contributed by atoms with Crippen LogP contribution in [0, 0.1) is 0 Å². The van der Waals surface area contributed by atoms with Crippen LogP contribution < -0.4 is 4.74 Å². The monoisotopic (exact) mass is 314 g/mol. The smallest absolute Gasteiger partial charge is 0.309 e. The molecule has 0 aliphatic rings. The van der Waals surface area contributed by atoms with Crippen LogP contribution in [0.1, 0.15) is 11.5 Å². The largest absolute Gasteiger partial charge is 0.484 e. The van der Waals surface area contributed by atoms with E-state index in [0.717, 1.165) is 11.1 Å². The minimum absolute atomic E-state index is 0.154. The molecule has 0 bridgehead atoms. The molecule has 0 N–H and O–H groups in total. The van der Waals surface area contributed by atoms with Gasteiger partial charge in [-0.1, -0.05) is 17.3 Å². The number of carbonyl (C=O) groups is 1. The molecule has 0 saturated carbocycles. The number of aromatic nitrogens is 2. The minimum atomic E-state index is -0.281. The SMILES string of the molecule is COC(=O)Cc1ccc(OCc2nc(-c3ccoc3)no2)cc1. The Bertz CT molecular complexity index is 762. The summed E-state index contributed by atoms with van der Waals surface area (Å²) in [5.41, 5.74) is 1.59. The Balaban J connectivity index is 1.57. The number of furan rings is 1. The molecular formula is C16H14N2O5. The van der Waals surface area contributed by atoms with Crippen molar-refractivity contribution in [3.05, 3.63) is 54.3 Å². The second-order valence-corrected chi connectivity index (χ2v) is 4.71. The first-order chi connectivity index (χ1) is 11.2. The second kappa shape index (κ2) is 6.78. The molecule has 0 spiro atoms. The molecule has 0 amide bonds. The molecule has 0 unspecified atom stereocenters. The van der Waals surface area contributed by atoms with Crippen molar-refractivity contribution < 1.29 is 23.2 Å². The molecule has 7 nitrogen and oxygen atoms in total. The van der Waals surface area contributed by atoms with Crippen LogP contribution in [-0.4, -0.2) is 23.2 Å². The molecule has 23 heavy (non-hydrogen) atoms. The number of rotatable bonds is 6. The van der Waals surface area contributed by atoms with Gasteiger partial charge in [0.05, 0.1) is 25.4 Å². The van der Waals surface area contributed by atoms with Crippen molar-refractivity contribution >= 4 is 5.97 Å². The highest BCUT2D eigenvalue weighted by molar-refractivity contribution is 5.72. The van der Waals surface area contributed by atoms with Gasteiger partial charge >= 0.3 is 5.97 Å². The fourth-order valence-electron chi connectivity index (χ4n) is 1.91. The van der Waals surface area contributed by atoms with Crippen molar-refractivity contribution in [1.29, 1.82) is 0 Å². The molecule has 2 aromatic heterocycles. The number of ether oxygens (including phenoxy) is 2. The maximum Gasteiger partial charge on any atom is 0.309 e. The Morgan fingerprint density at radius 3 is 2.74 bits per heavy atom. The van der Waals surface area contributed by atoms with Gasteiger partial charge in [-0.25, -0.2) is 0 Å². The van der Waals surface area contributed by atoms with E-state index in [-0.39, 0.29) is 19.0 Å². The summed E-state index contributed by atoms with van der Waals surface area (Å²) >= 11 is 0. The standard InChI is InChI=1S/C16H14N2O5/c1-20-15(19)8-11-2-4-13(5-3-11)22-10-14-17-16(18-23-14)12-6-7-21-9-12/h2-7,9H,8,10H2,1H3. The van der Waals surface area contributed by atoms with Crippen LogP contribution in [0.2, 0.25) is 0 Å². The summed E-state index contributed by atoms with van der Waals surface area (Å²) < 4.78 is 20.3. The van der Waals surface area contributed by atoms with Crippen molar-refractivity contribution in [1.82, 2.24) is 10.1 Å². The lowest BCUT2D eigenvalue weighted by Gasteiger charge is -2.04. The van der Waals surface area contributed by atoms with E-state index in [1.165, 1.54) is 19.6 Å². The zero-order valence-electron chi connectivity index (χ0n) is 12.4. The number of hydrogen-bond donors (Lipinski definition) is 0. The van der Waals surface area contributed by atoms with E-state index < -0.39 is 0 Å². The Labute approximate surface area is 131 Å². The van der Waals surface area contributed by atoms with Gasteiger partial charge in [0, 0.05) is 0 Å². The fraction of sp³-hybridized carbons (Fsp3) is 0.188. The van der Waals surface area contributed by atoms with Gasteiger partial charge in [-0.2, -0.15) is 4.98 Å². The number of esters is 1. The molecule has 1 aromatic carbocycles. The predicted octanol–water partition coefficient (Wildman–Crippen LogP) is 2.62. The van der Waals surface area contributed by atoms with Gasteiger partial charge in [-0.3, -0.25) is 4.79 Å². The maximum atomic E-state index is 11.2. The number of benzene rings is 1. The molecular weight excluding hydrogens is 300 g/mol. The second-order valence-electron chi connectivity index (χ2n) is 4.71. The van der Waals surface area contributed by atoms with Crippen LogP contribution in [0.25, 0.3) is 11.4 Å². The Morgan fingerprint density at radius 1 is 1.22 bits per heavy atom. The number of nitrogens with zero attached hydrogens (tertiary/aromatic N) is 2. The van der Waals surface area contributed by atoms with Crippen LogP contribution in [0.5, 0.6) is 5.75 Å². The summed E-state index contributed by atoms with van der Waals surface area (Å²) in [7, 11) is 1.36. The van der Waals surface area contributed by atoms with Gasteiger partial charge in [0.25, 0.3) is 5.89 Å². The molecule has 3 rings (SSSR count). The molecule has 118 valence electrons. The normalized spacial score (nSPS) is 10.5. The van der Waals surface area contributed by atoms with Crippen LogP contribution in [-0.2, 0) is 22.6 Å². The van der Waals surface area contributed by atoms with E-state index in [9.17, 15) is 4.79 Å². The third kappa shape index (κ3) is 3.76.